The maximum atomic E-state index is 12.3. The highest BCUT2D eigenvalue weighted by molar-refractivity contribution is 9.13. The minimum Gasteiger partial charge on any atom is -0.504 e. The van der Waals surface area contributed by atoms with Crippen molar-refractivity contribution in [2.24, 2.45) is 9.98 Å². The number of phenols is 1. The Labute approximate surface area is 171 Å². The van der Waals surface area contributed by atoms with Gasteiger partial charge in [0, 0.05) is 42.5 Å². The first-order chi connectivity index (χ1) is 12.9. The van der Waals surface area contributed by atoms with E-state index in [1.807, 2.05) is 18.4 Å². The molecular weight excluding hydrogens is 478 g/mol. The number of ether oxygens (including phenoxy) is 1. The topological polar surface area (TPSA) is 83.3 Å². The van der Waals surface area contributed by atoms with Gasteiger partial charge in [0.1, 0.15) is 11.9 Å². The SMILES string of the molecule is COC1CC2(C=C(Br)C(=O)C(Br)=C2)c2c(c(O)c3c4c2=NCCC=4C=N3)N1. The lowest BCUT2D eigenvalue weighted by atomic mass is 9.70. The smallest absolute Gasteiger partial charge is 0.206 e. The average molecular weight is 493 g/mol. The Morgan fingerprint density at radius 1 is 1.33 bits per heavy atom. The minimum atomic E-state index is -0.650. The first-order valence-electron chi connectivity index (χ1n) is 8.57. The molecule has 0 amide bonds. The van der Waals surface area contributed by atoms with Gasteiger partial charge in [-0.05, 0) is 43.9 Å². The minimum absolute atomic E-state index is 0.0965. The van der Waals surface area contributed by atoms with Crippen molar-refractivity contribution >= 4 is 60.8 Å². The van der Waals surface area contributed by atoms with Crippen LogP contribution in [-0.4, -0.2) is 37.0 Å². The summed E-state index contributed by atoms with van der Waals surface area (Å²) in [6, 6.07) is 0. The zero-order chi connectivity index (χ0) is 18.9. The number of carbonyl (C=O) groups is 1. The molecule has 3 aliphatic heterocycles. The molecule has 0 radical (unpaired) electrons. The number of hydrogen-bond acceptors (Lipinski definition) is 6. The molecule has 138 valence electrons. The van der Waals surface area contributed by atoms with Gasteiger partial charge in [0.05, 0.1) is 20.0 Å². The summed E-state index contributed by atoms with van der Waals surface area (Å²) in [5, 5.41) is 16.0. The van der Waals surface area contributed by atoms with Crippen molar-refractivity contribution in [2.45, 2.75) is 24.5 Å². The number of fused-ring (bicyclic) bond motifs is 3. The second-order valence-electron chi connectivity index (χ2n) is 7.01. The fourth-order valence-electron chi connectivity index (χ4n) is 4.34. The van der Waals surface area contributed by atoms with Crippen LogP contribution in [0.2, 0.25) is 0 Å². The largest absolute Gasteiger partial charge is 0.504 e. The second kappa shape index (κ2) is 5.86. The lowest BCUT2D eigenvalue weighted by Crippen LogP contribution is -2.48. The Hall–Kier alpha value is -1.77. The number of phenolic OH excluding ortho intramolecular Hbond substituents is 1. The van der Waals surface area contributed by atoms with Crippen LogP contribution >= 0.6 is 31.9 Å². The number of carbonyl (C=O) groups excluding carboxylic acids is 1. The molecule has 1 aliphatic carbocycles. The molecule has 1 atom stereocenters. The molecule has 6 nitrogen and oxygen atoms in total. The number of nitrogens with zero attached hydrogens (tertiary/aromatic N) is 2. The van der Waals surface area contributed by atoms with Crippen LogP contribution < -0.4 is 15.9 Å². The molecule has 8 heteroatoms. The summed E-state index contributed by atoms with van der Waals surface area (Å²) in [7, 11) is 1.62. The first kappa shape index (κ1) is 17.3. The number of benzene rings is 1. The summed E-state index contributed by atoms with van der Waals surface area (Å²) in [6.45, 7) is 0.670. The lowest BCUT2D eigenvalue weighted by molar-refractivity contribution is -0.111. The molecule has 1 spiro atoms. The molecular formula is C19H15Br2N3O3. The van der Waals surface area contributed by atoms with Crippen LogP contribution in [0.5, 0.6) is 5.75 Å². The maximum absolute atomic E-state index is 12.3. The van der Waals surface area contributed by atoms with E-state index in [9.17, 15) is 9.90 Å². The molecule has 1 aromatic carbocycles. The summed E-state index contributed by atoms with van der Waals surface area (Å²) in [5.41, 5.74) is 2.42. The van der Waals surface area contributed by atoms with Gasteiger partial charge in [0.2, 0.25) is 5.78 Å². The van der Waals surface area contributed by atoms with Crippen molar-refractivity contribution in [2.75, 3.05) is 19.0 Å². The third kappa shape index (κ3) is 2.30. The van der Waals surface area contributed by atoms with E-state index in [2.05, 4.69) is 42.2 Å². The molecule has 0 saturated heterocycles. The number of ketones is 1. The van der Waals surface area contributed by atoms with E-state index in [4.69, 9.17) is 9.73 Å². The monoisotopic (exact) mass is 491 g/mol. The van der Waals surface area contributed by atoms with Gasteiger partial charge in [0.15, 0.2) is 5.75 Å². The summed E-state index contributed by atoms with van der Waals surface area (Å²) < 4.78 is 6.54. The number of halogens is 2. The highest BCUT2D eigenvalue weighted by Gasteiger charge is 2.45. The Morgan fingerprint density at radius 2 is 2.07 bits per heavy atom. The van der Waals surface area contributed by atoms with Crippen LogP contribution in [0.3, 0.4) is 0 Å². The normalized spacial score (nSPS) is 24.0. The van der Waals surface area contributed by atoms with E-state index in [1.54, 1.807) is 7.11 Å². The van der Waals surface area contributed by atoms with E-state index in [1.165, 1.54) is 0 Å². The molecule has 2 N–H and O–H groups in total. The van der Waals surface area contributed by atoms with Crippen molar-refractivity contribution in [1.82, 2.24) is 0 Å². The zero-order valence-electron chi connectivity index (χ0n) is 14.3. The molecule has 1 aromatic rings. The van der Waals surface area contributed by atoms with Gasteiger partial charge < -0.3 is 15.2 Å². The predicted octanol–water partition coefficient (Wildman–Crippen LogP) is 2.45. The molecule has 0 fully saturated rings. The van der Waals surface area contributed by atoms with Gasteiger partial charge >= 0.3 is 0 Å². The lowest BCUT2D eigenvalue weighted by Gasteiger charge is -2.41. The summed E-state index contributed by atoms with van der Waals surface area (Å²) >= 11 is 6.82. The predicted molar refractivity (Wildman–Crippen MR) is 110 cm³/mol. The molecule has 4 aliphatic rings. The fraction of sp³-hybridized carbons (Fsp3) is 0.316. The van der Waals surface area contributed by atoms with Gasteiger partial charge in [-0.1, -0.05) is 12.2 Å². The zero-order valence-corrected chi connectivity index (χ0v) is 17.5. The van der Waals surface area contributed by atoms with Crippen molar-refractivity contribution in [3.8, 4) is 5.75 Å². The molecule has 0 bridgehead atoms. The third-order valence-corrected chi connectivity index (χ3v) is 6.70. The van der Waals surface area contributed by atoms with Gasteiger partial charge in [0.25, 0.3) is 0 Å². The molecule has 3 heterocycles. The summed E-state index contributed by atoms with van der Waals surface area (Å²) in [4.78, 5) is 21.5. The van der Waals surface area contributed by atoms with Crippen LogP contribution in [-0.2, 0) is 14.9 Å². The highest BCUT2D eigenvalue weighted by Crippen LogP contribution is 2.49. The number of nitrogens with one attached hydrogen (secondary N) is 1. The van der Waals surface area contributed by atoms with Crippen LogP contribution in [0.25, 0.3) is 5.57 Å². The Kier molecular flexibility index (Phi) is 3.76. The Bertz CT molecular complexity index is 1110. The quantitative estimate of drug-likeness (QED) is 0.590. The van der Waals surface area contributed by atoms with E-state index in [0.717, 1.165) is 28.1 Å². The number of Topliss-reactive ketones (excluding diaryl/α,β-unsaturated/α-hetero) is 1. The van der Waals surface area contributed by atoms with Crippen LogP contribution in [0.1, 0.15) is 18.4 Å². The van der Waals surface area contributed by atoms with Crippen molar-refractivity contribution in [3.05, 3.63) is 37.3 Å². The highest BCUT2D eigenvalue weighted by atomic mass is 79.9. The molecule has 1 unspecified atom stereocenters. The number of aliphatic imine (C=N–C) groups is 1. The number of rotatable bonds is 1. The van der Waals surface area contributed by atoms with E-state index in [-0.39, 0.29) is 17.8 Å². The van der Waals surface area contributed by atoms with Gasteiger partial charge in [-0.25, -0.2) is 0 Å². The van der Waals surface area contributed by atoms with Crippen molar-refractivity contribution < 1.29 is 14.6 Å². The number of aromatic hydroxyl groups is 1. The number of allylic oxidation sites excluding steroid dienone is 4. The maximum Gasteiger partial charge on any atom is 0.206 e. The van der Waals surface area contributed by atoms with Crippen LogP contribution in [0.4, 0.5) is 11.4 Å². The summed E-state index contributed by atoms with van der Waals surface area (Å²) in [5.74, 6) is -0.0135. The number of methoxy groups -OCH3 is 1. The van der Waals surface area contributed by atoms with Gasteiger partial charge in [-0.15, -0.1) is 0 Å². The molecule has 0 saturated carbocycles. The Morgan fingerprint density at radius 3 is 2.78 bits per heavy atom. The van der Waals surface area contributed by atoms with Gasteiger partial charge in [-0.2, -0.15) is 0 Å². The third-order valence-electron chi connectivity index (χ3n) is 5.52. The Balaban J connectivity index is 1.93. The number of anilines is 1. The molecule has 0 aromatic heterocycles. The van der Waals surface area contributed by atoms with Crippen molar-refractivity contribution in [1.29, 1.82) is 0 Å². The first-order valence-corrected chi connectivity index (χ1v) is 10.2. The van der Waals surface area contributed by atoms with Crippen LogP contribution in [0, 0.1) is 0 Å². The molecule has 5 rings (SSSR count). The van der Waals surface area contributed by atoms with Gasteiger partial charge in [-0.3, -0.25) is 14.8 Å². The average Bonchev–Trinajstić information content (AvgIpc) is 3.09. The number of hydrogen-bond donors (Lipinski definition) is 2. The van der Waals surface area contributed by atoms with E-state index >= 15 is 0 Å². The van der Waals surface area contributed by atoms with Crippen molar-refractivity contribution in [3.63, 3.8) is 0 Å². The second-order valence-corrected chi connectivity index (χ2v) is 8.72. The van der Waals surface area contributed by atoms with E-state index in [0.29, 0.717) is 33.3 Å². The van der Waals surface area contributed by atoms with Crippen LogP contribution in [0.15, 0.2) is 31.1 Å². The molecule has 27 heavy (non-hydrogen) atoms. The van der Waals surface area contributed by atoms with E-state index < -0.39 is 5.41 Å². The standard InChI is InChI=1S/C19H15Br2N3O3/c1-27-11-6-19(4-9(20)17(25)10(21)5-19)13-14-12-8(2-3-22-14)7-23-15(12)18(26)16(13)24-11/h4-5,7,11,24,26H,2-3,6H2,1H3. The fourth-order valence-corrected chi connectivity index (χ4v) is 5.85. The summed E-state index contributed by atoms with van der Waals surface area (Å²) in [6.07, 6.45) is 6.63.